The first-order valence-electron chi connectivity index (χ1n) is 6.60. The van der Waals surface area contributed by atoms with Crippen LogP contribution < -0.4 is 5.73 Å². The van der Waals surface area contributed by atoms with Crippen molar-refractivity contribution in [2.45, 2.75) is 33.2 Å². The van der Waals surface area contributed by atoms with Crippen molar-refractivity contribution in [3.63, 3.8) is 0 Å². The third-order valence-electron chi connectivity index (χ3n) is 3.36. The van der Waals surface area contributed by atoms with E-state index in [0.717, 1.165) is 16.5 Å². The van der Waals surface area contributed by atoms with Gasteiger partial charge in [0.1, 0.15) is 0 Å². The van der Waals surface area contributed by atoms with Crippen molar-refractivity contribution in [3.8, 4) is 0 Å². The van der Waals surface area contributed by atoms with Gasteiger partial charge in [-0.2, -0.15) is 0 Å². The summed E-state index contributed by atoms with van der Waals surface area (Å²) in [5, 5.41) is 0. The highest BCUT2D eigenvalue weighted by atomic mass is 79.9. The van der Waals surface area contributed by atoms with E-state index in [0.29, 0.717) is 18.0 Å². The second-order valence-corrected chi connectivity index (χ2v) is 6.26. The summed E-state index contributed by atoms with van der Waals surface area (Å²) in [6.07, 6.45) is 0.823. The average molecular weight is 364 g/mol. The predicted molar refractivity (Wildman–Crippen MR) is 90.5 cm³/mol. The van der Waals surface area contributed by atoms with E-state index in [-0.39, 0.29) is 24.4 Å². The second kappa shape index (κ2) is 8.65. The van der Waals surface area contributed by atoms with Gasteiger partial charge in [0.2, 0.25) is 0 Å². The van der Waals surface area contributed by atoms with Gasteiger partial charge in [0, 0.05) is 24.1 Å². The third-order valence-corrected chi connectivity index (χ3v) is 4.01. The van der Waals surface area contributed by atoms with Crippen molar-refractivity contribution in [1.29, 1.82) is 0 Å². The van der Waals surface area contributed by atoms with Gasteiger partial charge >= 0.3 is 0 Å². The van der Waals surface area contributed by atoms with E-state index in [2.05, 4.69) is 29.8 Å². The van der Waals surface area contributed by atoms with Gasteiger partial charge in [-0.3, -0.25) is 4.79 Å². The van der Waals surface area contributed by atoms with Gasteiger partial charge in [0.25, 0.3) is 5.91 Å². The molecule has 114 valence electrons. The van der Waals surface area contributed by atoms with Crippen LogP contribution in [0, 0.1) is 12.8 Å². The Labute approximate surface area is 136 Å². The number of rotatable bonds is 5. The SMILES string of the molecule is Cc1ccc(C(=O)N(C)CCC(N)C(C)C)c(Br)c1.Cl. The Morgan fingerprint density at radius 2 is 2.00 bits per heavy atom. The normalized spacial score (nSPS) is 11.9. The lowest BCUT2D eigenvalue weighted by Gasteiger charge is -2.22. The largest absolute Gasteiger partial charge is 0.342 e. The topological polar surface area (TPSA) is 46.3 Å². The molecule has 0 heterocycles. The summed E-state index contributed by atoms with van der Waals surface area (Å²) in [6.45, 7) is 6.88. The predicted octanol–water partition coefficient (Wildman–Crippen LogP) is 3.62. The van der Waals surface area contributed by atoms with Gasteiger partial charge in [-0.25, -0.2) is 0 Å². The second-order valence-electron chi connectivity index (χ2n) is 5.41. The van der Waals surface area contributed by atoms with Crippen LogP contribution in [0.25, 0.3) is 0 Å². The molecular weight excluding hydrogens is 340 g/mol. The molecule has 0 aliphatic rings. The number of nitrogens with two attached hydrogens (primary N) is 1. The summed E-state index contributed by atoms with van der Waals surface area (Å²) in [5.41, 5.74) is 7.84. The van der Waals surface area contributed by atoms with Crippen molar-refractivity contribution in [2.75, 3.05) is 13.6 Å². The fraction of sp³-hybridized carbons (Fsp3) is 0.533. The zero-order valence-corrected chi connectivity index (χ0v) is 14.9. The van der Waals surface area contributed by atoms with E-state index in [1.807, 2.05) is 32.2 Å². The monoisotopic (exact) mass is 362 g/mol. The van der Waals surface area contributed by atoms with E-state index in [1.54, 1.807) is 4.90 Å². The Hall–Kier alpha value is -0.580. The highest BCUT2D eigenvalue weighted by Gasteiger charge is 2.16. The maximum atomic E-state index is 12.3. The van der Waals surface area contributed by atoms with E-state index in [1.165, 1.54) is 0 Å². The Kier molecular flexibility index (Phi) is 8.40. The maximum Gasteiger partial charge on any atom is 0.254 e. The highest BCUT2D eigenvalue weighted by molar-refractivity contribution is 9.10. The zero-order valence-electron chi connectivity index (χ0n) is 12.5. The molecule has 1 unspecified atom stereocenters. The molecule has 0 aliphatic heterocycles. The van der Waals surface area contributed by atoms with Crippen LogP contribution in [-0.4, -0.2) is 30.4 Å². The molecule has 0 aliphatic carbocycles. The molecule has 0 aromatic heterocycles. The number of hydrogen-bond acceptors (Lipinski definition) is 2. The molecule has 0 fully saturated rings. The van der Waals surface area contributed by atoms with Crippen molar-refractivity contribution < 1.29 is 4.79 Å². The van der Waals surface area contributed by atoms with Crippen LogP contribution in [-0.2, 0) is 0 Å². The first kappa shape index (κ1) is 19.4. The van der Waals surface area contributed by atoms with E-state index in [9.17, 15) is 4.79 Å². The van der Waals surface area contributed by atoms with Crippen LogP contribution in [0.3, 0.4) is 0 Å². The number of hydrogen-bond donors (Lipinski definition) is 1. The highest BCUT2D eigenvalue weighted by Crippen LogP contribution is 2.20. The number of carbonyl (C=O) groups is 1. The zero-order chi connectivity index (χ0) is 14.6. The van der Waals surface area contributed by atoms with E-state index in [4.69, 9.17) is 5.73 Å². The molecule has 1 atom stereocenters. The minimum absolute atomic E-state index is 0. The molecule has 2 N–H and O–H groups in total. The quantitative estimate of drug-likeness (QED) is 0.868. The molecule has 1 rings (SSSR count). The van der Waals surface area contributed by atoms with Crippen LogP contribution in [0.1, 0.15) is 36.2 Å². The molecule has 0 bridgehead atoms. The van der Waals surface area contributed by atoms with Crippen LogP contribution in [0.2, 0.25) is 0 Å². The van der Waals surface area contributed by atoms with Gasteiger partial charge in [-0.1, -0.05) is 19.9 Å². The number of benzene rings is 1. The Morgan fingerprint density at radius 3 is 2.50 bits per heavy atom. The number of nitrogens with zero attached hydrogens (tertiary/aromatic N) is 1. The number of carbonyl (C=O) groups excluding carboxylic acids is 1. The average Bonchev–Trinajstić information content (AvgIpc) is 2.34. The lowest BCUT2D eigenvalue weighted by atomic mass is 10.0. The molecule has 0 saturated heterocycles. The van der Waals surface area contributed by atoms with Gasteiger partial charge in [0.05, 0.1) is 5.56 Å². The van der Waals surface area contributed by atoms with E-state index < -0.39 is 0 Å². The first-order valence-corrected chi connectivity index (χ1v) is 7.39. The molecule has 0 saturated carbocycles. The standard InChI is InChI=1S/C15H23BrN2O.ClH/c1-10(2)14(17)7-8-18(4)15(19)12-6-5-11(3)9-13(12)16;/h5-6,9-10,14H,7-8,17H2,1-4H3;1H. The van der Waals surface area contributed by atoms with Crippen molar-refractivity contribution in [3.05, 3.63) is 33.8 Å². The third kappa shape index (κ3) is 5.43. The number of aryl methyl sites for hydroxylation is 1. The van der Waals surface area contributed by atoms with E-state index >= 15 is 0 Å². The van der Waals surface area contributed by atoms with Gasteiger partial charge in [0.15, 0.2) is 0 Å². The van der Waals surface area contributed by atoms with Crippen molar-refractivity contribution >= 4 is 34.2 Å². The van der Waals surface area contributed by atoms with Crippen LogP contribution in [0.5, 0.6) is 0 Å². The Bertz CT molecular complexity index is 451. The number of amides is 1. The molecule has 5 heteroatoms. The maximum absolute atomic E-state index is 12.3. The molecule has 0 spiro atoms. The van der Waals surface area contributed by atoms with Crippen LogP contribution in [0.4, 0.5) is 0 Å². The summed E-state index contributed by atoms with van der Waals surface area (Å²) < 4.78 is 0.845. The molecule has 1 aromatic carbocycles. The Balaban J connectivity index is 0.00000361. The summed E-state index contributed by atoms with van der Waals surface area (Å²) in [7, 11) is 1.82. The summed E-state index contributed by atoms with van der Waals surface area (Å²) >= 11 is 3.45. The fourth-order valence-electron chi connectivity index (χ4n) is 1.78. The molecule has 0 radical (unpaired) electrons. The van der Waals surface area contributed by atoms with Crippen molar-refractivity contribution in [2.24, 2.45) is 11.7 Å². The smallest absolute Gasteiger partial charge is 0.254 e. The van der Waals surface area contributed by atoms with Crippen LogP contribution >= 0.6 is 28.3 Å². The Morgan fingerprint density at radius 1 is 1.40 bits per heavy atom. The minimum Gasteiger partial charge on any atom is -0.342 e. The summed E-state index contributed by atoms with van der Waals surface area (Å²) in [4.78, 5) is 14.0. The minimum atomic E-state index is 0. The molecule has 1 aromatic rings. The van der Waals surface area contributed by atoms with Gasteiger partial charge in [-0.05, 0) is 52.9 Å². The summed E-state index contributed by atoms with van der Waals surface area (Å²) in [6, 6.07) is 5.91. The van der Waals surface area contributed by atoms with Crippen molar-refractivity contribution in [1.82, 2.24) is 4.90 Å². The fourth-order valence-corrected chi connectivity index (χ4v) is 2.44. The van der Waals surface area contributed by atoms with Gasteiger partial charge in [-0.15, -0.1) is 12.4 Å². The lowest BCUT2D eigenvalue weighted by molar-refractivity contribution is 0.0788. The molecule has 1 amide bonds. The first-order chi connectivity index (χ1) is 8.82. The lowest BCUT2D eigenvalue weighted by Crippen LogP contribution is -2.34. The van der Waals surface area contributed by atoms with Gasteiger partial charge < -0.3 is 10.6 Å². The molecule has 3 nitrogen and oxygen atoms in total. The number of halogens is 2. The summed E-state index contributed by atoms with van der Waals surface area (Å²) in [5.74, 6) is 0.470. The molecule has 20 heavy (non-hydrogen) atoms. The van der Waals surface area contributed by atoms with Crippen LogP contribution in [0.15, 0.2) is 22.7 Å². The molecular formula is C15H24BrClN2O.